The molecule has 1 aromatic rings. The molecule has 18 heavy (non-hydrogen) atoms. The van der Waals surface area contributed by atoms with E-state index in [4.69, 9.17) is 0 Å². The molecule has 0 saturated carbocycles. The molecular weight excluding hydrogens is 234 g/mol. The predicted octanol–water partition coefficient (Wildman–Crippen LogP) is -0.688. The Morgan fingerprint density at radius 2 is 2.33 bits per heavy atom. The van der Waals surface area contributed by atoms with Crippen LogP contribution in [0.1, 0.15) is 37.3 Å². The number of hydrogen-bond donors (Lipinski definition) is 3. The van der Waals surface area contributed by atoms with E-state index < -0.39 is 11.6 Å². The zero-order valence-corrected chi connectivity index (χ0v) is 10.8. The average Bonchev–Trinajstić information content (AvgIpc) is 2.63. The van der Waals surface area contributed by atoms with E-state index in [1.165, 1.54) is 0 Å². The first kappa shape index (κ1) is 13.0. The van der Waals surface area contributed by atoms with Gasteiger partial charge in [0.05, 0.1) is 23.9 Å². The third-order valence-electron chi connectivity index (χ3n) is 3.36. The van der Waals surface area contributed by atoms with Crippen molar-refractivity contribution in [2.75, 3.05) is 13.1 Å². The number of aromatic nitrogens is 3. The summed E-state index contributed by atoms with van der Waals surface area (Å²) in [6.07, 6.45) is 0.992. The smallest absolute Gasteiger partial charge is 0.273 e. The number of nitrogens with zero attached hydrogens (tertiary/aromatic N) is 3. The van der Waals surface area contributed by atoms with E-state index in [0.29, 0.717) is 0 Å². The molecule has 1 fully saturated rings. The van der Waals surface area contributed by atoms with Gasteiger partial charge >= 0.3 is 0 Å². The lowest BCUT2D eigenvalue weighted by molar-refractivity contribution is 0.0705. The molecule has 0 bridgehead atoms. The third-order valence-corrected chi connectivity index (χ3v) is 3.36. The lowest BCUT2D eigenvalue weighted by atomic mass is 9.99. The number of carbonyl (C=O) groups is 1. The van der Waals surface area contributed by atoms with E-state index in [1.54, 1.807) is 31.6 Å². The van der Waals surface area contributed by atoms with Crippen molar-refractivity contribution in [2.24, 2.45) is 0 Å². The molecule has 0 aromatic carbocycles. The minimum atomic E-state index is -0.696. The normalized spacial score (nSPS) is 18.2. The second-order valence-electron chi connectivity index (χ2n) is 5.25. The molecule has 0 aliphatic carbocycles. The maximum absolute atomic E-state index is 12.0. The van der Waals surface area contributed by atoms with Crippen molar-refractivity contribution in [3.05, 3.63) is 11.9 Å². The molecule has 7 heteroatoms. The van der Waals surface area contributed by atoms with Gasteiger partial charge in [0.1, 0.15) is 0 Å². The van der Waals surface area contributed by atoms with Crippen molar-refractivity contribution in [1.29, 1.82) is 0 Å². The Kier molecular flexibility index (Phi) is 3.36. The summed E-state index contributed by atoms with van der Waals surface area (Å²) < 4.78 is 1.70. The van der Waals surface area contributed by atoms with E-state index in [9.17, 15) is 9.90 Å². The van der Waals surface area contributed by atoms with Crippen molar-refractivity contribution in [3.63, 3.8) is 0 Å². The second kappa shape index (κ2) is 4.66. The molecule has 7 nitrogen and oxygen atoms in total. The number of nitrogens with one attached hydrogen (secondary N) is 2. The topological polar surface area (TPSA) is 92.1 Å². The van der Waals surface area contributed by atoms with Crippen LogP contribution in [-0.2, 0) is 0 Å². The fraction of sp³-hybridized carbons (Fsp3) is 0.727. The van der Waals surface area contributed by atoms with E-state index in [2.05, 4.69) is 20.9 Å². The molecule has 1 aromatic heterocycles. The van der Waals surface area contributed by atoms with Gasteiger partial charge in [0.2, 0.25) is 0 Å². The van der Waals surface area contributed by atoms with Crippen LogP contribution in [0.4, 0.5) is 0 Å². The maximum Gasteiger partial charge on any atom is 0.273 e. The van der Waals surface area contributed by atoms with Gasteiger partial charge in [-0.2, -0.15) is 0 Å². The molecule has 1 aliphatic rings. The van der Waals surface area contributed by atoms with Gasteiger partial charge in [0, 0.05) is 13.1 Å². The number of hydrogen-bond acceptors (Lipinski definition) is 5. The number of amides is 1. The first-order valence-corrected chi connectivity index (χ1v) is 6.03. The highest BCUT2D eigenvalue weighted by Crippen LogP contribution is 2.12. The van der Waals surface area contributed by atoms with Crippen molar-refractivity contribution < 1.29 is 9.90 Å². The first-order valence-electron chi connectivity index (χ1n) is 6.03. The Morgan fingerprint density at radius 3 is 2.83 bits per heavy atom. The van der Waals surface area contributed by atoms with Crippen molar-refractivity contribution in [2.45, 2.75) is 38.5 Å². The van der Waals surface area contributed by atoms with Crippen LogP contribution in [-0.4, -0.2) is 50.7 Å². The standard InChI is InChI=1S/C11H19N5O2/c1-7(17)11(2,3)13-10(18)9-6-16(15-14-9)8-4-12-5-8/h6-8,12,17H,4-5H2,1-3H3,(H,13,18). The summed E-state index contributed by atoms with van der Waals surface area (Å²) in [5.74, 6) is -0.320. The quantitative estimate of drug-likeness (QED) is 0.660. The molecular formula is C11H19N5O2. The van der Waals surface area contributed by atoms with Gasteiger partial charge in [-0.1, -0.05) is 5.21 Å². The van der Waals surface area contributed by atoms with Crippen LogP contribution in [0.2, 0.25) is 0 Å². The van der Waals surface area contributed by atoms with Gasteiger partial charge in [-0.25, -0.2) is 4.68 Å². The zero-order chi connectivity index (χ0) is 13.3. The van der Waals surface area contributed by atoms with Crippen molar-refractivity contribution in [1.82, 2.24) is 25.6 Å². The lowest BCUT2D eigenvalue weighted by Gasteiger charge is -2.28. The summed E-state index contributed by atoms with van der Waals surface area (Å²) in [5.41, 5.74) is -0.422. The highest BCUT2D eigenvalue weighted by Gasteiger charge is 2.28. The largest absolute Gasteiger partial charge is 0.391 e. The molecule has 1 aliphatic heterocycles. The first-order chi connectivity index (χ1) is 8.40. The van der Waals surface area contributed by atoms with Gasteiger partial charge < -0.3 is 15.7 Å². The average molecular weight is 253 g/mol. The van der Waals surface area contributed by atoms with Gasteiger partial charge in [0.15, 0.2) is 5.69 Å². The van der Waals surface area contributed by atoms with Gasteiger partial charge in [-0.05, 0) is 20.8 Å². The molecule has 2 rings (SSSR count). The predicted molar refractivity (Wildman–Crippen MR) is 65.2 cm³/mol. The van der Waals surface area contributed by atoms with Crippen LogP contribution in [0.3, 0.4) is 0 Å². The van der Waals surface area contributed by atoms with Crippen LogP contribution in [0.25, 0.3) is 0 Å². The van der Waals surface area contributed by atoms with Gasteiger partial charge in [0.25, 0.3) is 5.91 Å². The summed E-state index contributed by atoms with van der Waals surface area (Å²) in [4.78, 5) is 12.0. The molecule has 1 saturated heterocycles. The van der Waals surface area contributed by atoms with Gasteiger partial charge in [-0.15, -0.1) is 5.10 Å². The van der Waals surface area contributed by atoms with E-state index >= 15 is 0 Å². The molecule has 1 atom stereocenters. The summed E-state index contributed by atoms with van der Waals surface area (Å²) in [6.45, 7) is 6.86. The summed E-state index contributed by atoms with van der Waals surface area (Å²) in [7, 11) is 0. The minimum Gasteiger partial charge on any atom is -0.391 e. The van der Waals surface area contributed by atoms with Gasteiger partial charge in [-0.3, -0.25) is 4.79 Å². The SMILES string of the molecule is CC(O)C(C)(C)NC(=O)c1cn(C2CNC2)nn1. The zero-order valence-electron chi connectivity index (χ0n) is 10.8. The highest BCUT2D eigenvalue weighted by atomic mass is 16.3. The molecule has 1 amide bonds. The second-order valence-corrected chi connectivity index (χ2v) is 5.25. The fourth-order valence-corrected chi connectivity index (χ4v) is 1.48. The van der Waals surface area contributed by atoms with Crippen LogP contribution >= 0.6 is 0 Å². The Labute approximate surface area is 106 Å². The summed E-state index contributed by atoms with van der Waals surface area (Å²) >= 11 is 0. The van der Waals surface area contributed by atoms with Crippen LogP contribution < -0.4 is 10.6 Å². The monoisotopic (exact) mass is 253 g/mol. The van der Waals surface area contributed by atoms with E-state index in [-0.39, 0.29) is 17.6 Å². The van der Waals surface area contributed by atoms with Crippen LogP contribution in [0.5, 0.6) is 0 Å². The Hall–Kier alpha value is -1.47. The van der Waals surface area contributed by atoms with Crippen LogP contribution in [0.15, 0.2) is 6.20 Å². The Balaban J connectivity index is 2.02. The molecule has 100 valence electrons. The molecule has 2 heterocycles. The van der Waals surface area contributed by atoms with E-state index in [1.807, 2.05) is 0 Å². The lowest BCUT2D eigenvalue weighted by Crippen LogP contribution is -2.51. The van der Waals surface area contributed by atoms with E-state index in [0.717, 1.165) is 13.1 Å². The molecule has 3 N–H and O–H groups in total. The number of rotatable bonds is 4. The summed E-state index contributed by atoms with van der Waals surface area (Å²) in [5, 5.41) is 23.2. The number of carbonyl (C=O) groups excluding carboxylic acids is 1. The third kappa shape index (κ3) is 2.51. The number of aliphatic hydroxyl groups excluding tert-OH is 1. The van der Waals surface area contributed by atoms with Crippen LogP contribution in [0, 0.1) is 0 Å². The number of aliphatic hydroxyl groups is 1. The van der Waals surface area contributed by atoms with Crippen molar-refractivity contribution in [3.8, 4) is 0 Å². The maximum atomic E-state index is 12.0. The molecule has 1 unspecified atom stereocenters. The summed E-state index contributed by atoms with van der Waals surface area (Å²) in [6, 6.07) is 0.281. The molecule has 0 radical (unpaired) electrons. The Bertz CT molecular complexity index is 436. The Morgan fingerprint density at radius 1 is 1.67 bits per heavy atom. The fourth-order valence-electron chi connectivity index (χ4n) is 1.48. The van der Waals surface area contributed by atoms with Crippen molar-refractivity contribution >= 4 is 5.91 Å². The molecule has 0 spiro atoms. The highest BCUT2D eigenvalue weighted by molar-refractivity contribution is 5.92. The minimum absolute atomic E-state index is 0.274.